The van der Waals surface area contributed by atoms with Crippen molar-refractivity contribution in [2.45, 2.75) is 51.9 Å². The molecule has 1 aromatic carbocycles. The second-order valence-electron chi connectivity index (χ2n) is 6.37. The van der Waals surface area contributed by atoms with Crippen molar-refractivity contribution in [3.8, 4) is 0 Å². The number of Topliss-reactive ketones (excluding diaryl/α,β-unsaturated/α-hetero) is 1. The number of amides is 2. The number of aryl methyl sites for hydroxylation is 1. The maximum absolute atomic E-state index is 12.2. The van der Waals surface area contributed by atoms with Crippen LogP contribution in [0.3, 0.4) is 0 Å². The molecule has 0 saturated carbocycles. The molecule has 0 unspecified atom stereocenters. The molecule has 0 N–H and O–H groups in total. The van der Waals surface area contributed by atoms with Crippen molar-refractivity contribution in [1.29, 1.82) is 0 Å². The average molecular weight is 448 g/mol. The van der Waals surface area contributed by atoms with E-state index in [2.05, 4.69) is 13.8 Å². The van der Waals surface area contributed by atoms with Gasteiger partial charge in [-0.25, -0.2) is 10.0 Å². The minimum atomic E-state index is -1.03. The van der Waals surface area contributed by atoms with Gasteiger partial charge in [-0.2, -0.15) is 6.42 Å². The van der Waals surface area contributed by atoms with Gasteiger partial charge in [0, 0.05) is 39.3 Å². The Labute approximate surface area is 186 Å². The Balaban J connectivity index is 0.00000364. The third-order valence-electron chi connectivity index (χ3n) is 4.31. The van der Waals surface area contributed by atoms with Gasteiger partial charge in [0.1, 0.15) is 6.73 Å². The summed E-state index contributed by atoms with van der Waals surface area (Å²) in [5.41, 5.74) is 1.67. The Bertz CT molecular complexity index is 633. The molecule has 0 spiro atoms. The number of unbranched alkanes of at least 4 members (excludes halogenated alkanes) is 4. The molecule has 1 fully saturated rings. The summed E-state index contributed by atoms with van der Waals surface area (Å²) in [5.74, 6) is -2.73. The molecule has 0 atom stereocenters. The van der Waals surface area contributed by atoms with Crippen molar-refractivity contribution < 1.29 is 51.8 Å². The van der Waals surface area contributed by atoms with Crippen molar-refractivity contribution in [2.75, 3.05) is 18.3 Å². The van der Waals surface area contributed by atoms with Crippen LogP contribution in [0.5, 0.6) is 0 Å². The fraction of sp³-hybridized carbons (Fsp3) is 0.500. The van der Waals surface area contributed by atoms with Crippen LogP contribution in [0.1, 0.15) is 51.0 Å². The molecule has 6 nitrogen and oxygen atoms in total. The average Bonchev–Trinajstić information content (AvgIpc) is 2.87. The van der Waals surface area contributed by atoms with E-state index in [1.165, 1.54) is 24.8 Å². The molecule has 2 amide bonds. The first-order valence-corrected chi connectivity index (χ1v) is 9.26. The van der Waals surface area contributed by atoms with Gasteiger partial charge < -0.3 is 11.7 Å². The van der Waals surface area contributed by atoms with Crippen LogP contribution >= 0.6 is 0 Å². The van der Waals surface area contributed by atoms with E-state index in [9.17, 15) is 14.4 Å². The maximum Gasteiger partial charge on any atom is 0.323 e. The molecule has 1 aliphatic rings. The molecule has 1 aromatic rings. The molecule has 1 saturated heterocycles. The molecule has 1 aliphatic heterocycles. The normalized spacial score (nSPS) is 14.1. The van der Waals surface area contributed by atoms with Gasteiger partial charge in [-0.05, 0) is 30.5 Å². The number of anilines is 1. The number of hydrogen-bond donors (Lipinski definition) is 0. The Kier molecular flexibility index (Phi) is 11.0. The number of carbonyl (C=O) groups excluding carboxylic acids is 3. The molecule has 1 heterocycles. The number of rotatable bonds is 11. The second-order valence-corrected chi connectivity index (χ2v) is 6.37. The van der Waals surface area contributed by atoms with Crippen molar-refractivity contribution in [1.82, 2.24) is 5.01 Å². The first kappa shape index (κ1) is 23.9. The predicted octanol–water partition coefficient (Wildman–Crippen LogP) is 3.05. The summed E-state index contributed by atoms with van der Waals surface area (Å²) in [7, 11) is 0. The van der Waals surface area contributed by atoms with Crippen LogP contribution in [0.15, 0.2) is 24.3 Å². The van der Waals surface area contributed by atoms with Crippen molar-refractivity contribution in [3.05, 3.63) is 36.8 Å². The van der Waals surface area contributed by atoms with Gasteiger partial charge in [-0.3, -0.25) is 14.4 Å². The van der Waals surface area contributed by atoms with Gasteiger partial charge in [0.15, 0.2) is 0 Å². The van der Waals surface area contributed by atoms with Gasteiger partial charge in [0.05, 0.1) is 5.69 Å². The van der Waals surface area contributed by atoms with Crippen molar-refractivity contribution in [3.63, 3.8) is 0 Å². The summed E-state index contributed by atoms with van der Waals surface area (Å²) in [6.45, 7) is 6.18. The van der Waals surface area contributed by atoms with Crippen LogP contribution in [-0.4, -0.2) is 35.9 Å². The summed E-state index contributed by atoms with van der Waals surface area (Å²) in [5, 5.41) is 2.17. The molecular weight excluding hydrogens is 421 g/mol. The first-order chi connectivity index (χ1) is 12.6. The van der Waals surface area contributed by atoms with Gasteiger partial charge in [0.2, 0.25) is 0 Å². The van der Waals surface area contributed by atoms with E-state index < -0.39 is 17.6 Å². The standard InChI is InChI=1S/C20H27N2O4.Y/c1-3-5-7-8-9-16-10-12-17(13-11-16)22-20(25)18(23)19(24)21(22)15-26-14-6-4-2;/h10-13H,2-9,14-15H2,1H3;/q-1;. The molecule has 27 heavy (non-hydrogen) atoms. The zero-order valence-electron chi connectivity index (χ0n) is 16.0. The zero-order valence-corrected chi connectivity index (χ0v) is 18.8. The Hall–Kier alpha value is -1.11. The van der Waals surface area contributed by atoms with E-state index in [1.807, 2.05) is 12.1 Å². The largest absolute Gasteiger partial charge is 0.359 e. The molecule has 145 valence electrons. The summed E-state index contributed by atoms with van der Waals surface area (Å²) in [6, 6.07) is 7.40. The van der Waals surface area contributed by atoms with E-state index in [0.717, 1.165) is 35.7 Å². The minimum absolute atomic E-state index is 0. The Morgan fingerprint density at radius 1 is 0.963 bits per heavy atom. The monoisotopic (exact) mass is 448 g/mol. The molecule has 0 bridgehead atoms. The first-order valence-electron chi connectivity index (χ1n) is 9.26. The van der Waals surface area contributed by atoms with Gasteiger partial charge in [-0.1, -0.05) is 44.7 Å². The van der Waals surface area contributed by atoms with E-state index >= 15 is 0 Å². The van der Waals surface area contributed by atoms with Gasteiger partial charge in [-0.15, -0.1) is 0 Å². The smallest absolute Gasteiger partial charge is 0.323 e. The van der Waals surface area contributed by atoms with Crippen molar-refractivity contribution in [2.24, 2.45) is 0 Å². The van der Waals surface area contributed by atoms with Crippen LogP contribution in [0.25, 0.3) is 0 Å². The van der Waals surface area contributed by atoms with Crippen LogP contribution in [0, 0.1) is 6.92 Å². The van der Waals surface area contributed by atoms with E-state index in [-0.39, 0.29) is 39.4 Å². The van der Waals surface area contributed by atoms with E-state index in [1.54, 1.807) is 12.1 Å². The molecule has 2 rings (SSSR count). The predicted molar refractivity (Wildman–Crippen MR) is 99.0 cm³/mol. The number of nitrogens with zero attached hydrogens (tertiary/aromatic N) is 2. The Morgan fingerprint density at radius 3 is 2.30 bits per heavy atom. The third-order valence-corrected chi connectivity index (χ3v) is 4.31. The molecule has 7 heteroatoms. The van der Waals surface area contributed by atoms with E-state index in [0.29, 0.717) is 12.3 Å². The van der Waals surface area contributed by atoms with Crippen LogP contribution in [0.4, 0.5) is 5.69 Å². The minimum Gasteiger partial charge on any atom is -0.359 e. The number of ketones is 1. The topological polar surface area (TPSA) is 66.9 Å². The third kappa shape index (κ3) is 6.47. The fourth-order valence-electron chi connectivity index (χ4n) is 2.79. The number of hydrazine groups is 1. The number of ether oxygens (including phenoxy) is 1. The summed E-state index contributed by atoms with van der Waals surface area (Å²) < 4.78 is 5.40. The van der Waals surface area contributed by atoms with E-state index in [4.69, 9.17) is 4.74 Å². The summed E-state index contributed by atoms with van der Waals surface area (Å²) in [4.78, 5) is 36.1. The summed E-state index contributed by atoms with van der Waals surface area (Å²) in [6.07, 6.45) is 7.19. The zero-order chi connectivity index (χ0) is 18.9. The molecule has 0 aromatic heterocycles. The number of carbonyl (C=O) groups is 3. The van der Waals surface area contributed by atoms with Crippen LogP contribution in [0.2, 0.25) is 0 Å². The van der Waals surface area contributed by atoms with Gasteiger partial charge in [0.25, 0.3) is 0 Å². The fourth-order valence-corrected chi connectivity index (χ4v) is 2.79. The van der Waals surface area contributed by atoms with Gasteiger partial charge >= 0.3 is 17.6 Å². The molecule has 1 radical (unpaired) electrons. The molecular formula is C20H27N2O4Y-. The summed E-state index contributed by atoms with van der Waals surface area (Å²) >= 11 is 0. The SMILES string of the molecule is [CH2-]CCCOCN1C(=O)C(=O)C(=O)N1c1ccc(CCCCCC)cc1.[Y]. The van der Waals surface area contributed by atoms with Crippen molar-refractivity contribution >= 4 is 23.3 Å². The quantitative estimate of drug-likeness (QED) is 0.297. The maximum atomic E-state index is 12.2. The molecule has 0 aliphatic carbocycles. The van der Waals surface area contributed by atoms with Crippen LogP contribution < -0.4 is 5.01 Å². The Morgan fingerprint density at radius 2 is 1.67 bits per heavy atom. The number of hydrogen-bond acceptors (Lipinski definition) is 4. The number of benzene rings is 1. The second kappa shape index (κ2) is 12.4. The van der Waals surface area contributed by atoms with Crippen LogP contribution in [-0.2, 0) is 58.3 Å².